The number of unbranched alkanes of at least 4 members (excludes halogenated alkanes) is 12. The molecule has 1 unspecified atom stereocenters. The maximum Gasteiger partial charge on any atom is 0.425 e. The van der Waals surface area contributed by atoms with Gasteiger partial charge in [0.15, 0.2) is 0 Å². The molecule has 9 nitrogen and oxygen atoms in total. The standard InChI is InChI=1S/C33H45NO5.O3S/c1-25(35)39-24-31-28-18-16-15-17-27(28)29-22-21-26(23-30(29)31)34-32(36)19-13-11-9-7-5-3-2-4-6-8-10-12-14-20-33(37)38;1-4(2)3/h15-18,21-23,31H,2-14,19-20,24H2,1H3,(H,34,36)(H,37,38);. The predicted octanol–water partition coefficient (Wildman–Crippen LogP) is 7.23. The Morgan fingerprint density at radius 1 is 0.721 bits per heavy atom. The van der Waals surface area contributed by atoms with Crippen molar-refractivity contribution >= 4 is 34.1 Å². The number of hydrogen-bond acceptors (Lipinski definition) is 7. The van der Waals surface area contributed by atoms with Crippen molar-refractivity contribution in [3.63, 3.8) is 0 Å². The van der Waals surface area contributed by atoms with Crippen LogP contribution in [0, 0.1) is 0 Å². The fourth-order valence-electron chi connectivity index (χ4n) is 5.50. The van der Waals surface area contributed by atoms with Crippen LogP contribution in [-0.2, 0) is 29.7 Å². The molecule has 2 aromatic rings. The van der Waals surface area contributed by atoms with Crippen molar-refractivity contribution in [2.75, 3.05) is 11.9 Å². The Morgan fingerprint density at radius 3 is 1.74 bits per heavy atom. The fraction of sp³-hybridized carbons (Fsp3) is 0.545. The summed E-state index contributed by atoms with van der Waals surface area (Å²) >= 11 is 0. The topological polar surface area (TPSA) is 144 Å². The quantitative estimate of drug-likeness (QED) is 0.124. The Hall–Kier alpha value is -3.53. The zero-order valence-electron chi connectivity index (χ0n) is 25.1. The van der Waals surface area contributed by atoms with Crippen molar-refractivity contribution in [3.05, 3.63) is 53.6 Å². The predicted molar refractivity (Wildman–Crippen MR) is 166 cm³/mol. The van der Waals surface area contributed by atoms with Crippen LogP contribution in [0.3, 0.4) is 0 Å². The second-order valence-corrected chi connectivity index (χ2v) is 11.4. The van der Waals surface area contributed by atoms with Crippen molar-refractivity contribution in [2.45, 2.75) is 109 Å². The normalized spacial score (nSPS) is 12.8. The lowest BCUT2D eigenvalue weighted by Crippen LogP contribution is -2.12. The molecule has 236 valence electrons. The molecule has 1 aliphatic rings. The van der Waals surface area contributed by atoms with Gasteiger partial charge in [0.2, 0.25) is 5.91 Å². The summed E-state index contributed by atoms with van der Waals surface area (Å²) in [6.07, 6.45) is 15.8. The van der Waals surface area contributed by atoms with Crippen LogP contribution in [0.1, 0.15) is 120 Å². The first-order valence-electron chi connectivity index (χ1n) is 15.3. The average molecular weight is 616 g/mol. The van der Waals surface area contributed by atoms with Crippen LogP contribution in [0.4, 0.5) is 5.69 Å². The van der Waals surface area contributed by atoms with Crippen LogP contribution in [0.5, 0.6) is 0 Å². The number of carbonyl (C=O) groups excluding carboxylic acids is 2. The van der Waals surface area contributed by atoms with Gasteiger partial charge in [-0.25, -0.2) is 0 Å². The molecule has 0 heterocycles. The number of anilines is 1. The number of fused-ring (bicyclic) bond motifs is 3. The van der Waals surface area contributed by atoms with Gasteiger partial charge in [0.25, 0.3) is 0 Å². The highest BCUT2D eigenvalue weighted by Gasteiger charge is 2.29. The summed E-state index contributed by atoms with van der Waals surface area (Å²) in [7, 11) is -3.11. The molecule has 1 aliphatic carbocycles. The van der Waals surface area contributed by atoms with E-state index in [0.717, 1.165) is 60.0 Å². The van der Waals surface area contributed by atoms with E-state index >= 15 is 0 Å². The number of carboxylic acids is 1. The first-order valence-corrected chi connectivity index (χ1v) is 16.3. The number of ether oxygens (including phenoxy) is 1. The number of benzene rings is 2. The van der Waals surface area contributed by atoms with E-state index in [1.807, 2.05) is 24.3 Å². The van der Waals surface area contributed by atoms with E-state index in [-0.39, 0.29) is 17.8 Å². The van der Waals surface area contributed by atoms with Gasteiger partial charge >= 0.3 is 22.5 Å². The molecular weight excluding hydrogens is 570 g/mol. The lowest BCUT2D eigenvalue weighted by Gasteiger charge is -2.14. The van der Waals surface area contributed by atoms with Gasteiger partial charge in [-0.2, -0.15) is 0 Å². The summed E-state index contributed by atoms with van der Waals surface area (Å²) in [5, 5.41) is 11.7. The first-order chi connectivity index (χ1) is 20.7. The number of rotatable bonds is 19. The van der Waals surface area contributed by atoms with E-state index in [9.17, 15) is 14.4 Å². The molecule has 0 aromatic heterocycles. The van der Waals surface area contributed by atoms with Gasteiger partial charge in [-0.05, 0) is 47.2 Å². The third kappa shape index (κ3) is 14.5. The Balaban J connectivity index is 0.00000151. The van der Waals surface area contributed by atoms with Crippen LogP contribution in [0.2, 0.25) is 0 Å². The van der Waals surface area contributed by atoms with Gasteiger partial charge in [0.05, 0.1) is 0 Å². The lowest BCUT2D eigenvalue weighted by atomic mass is 9.97. The summed E-state index contributed by atoms with van der Waals surface area (Å²) in [6, 6.07) is 14.2. The van der Waals surface area contributed by atoms with Gasteiger partial charge in [0, 0.05) is 31.4 Å². The van der Waals surface area contributed by atoms with Crippen molar-refractivity contribution in [3.8, 4) is 11.1 Å². The van der Waals surface area contributed by atoms with Crippen LogP contribution >= 0.6 is 0 Å². The Morgan fingerprint density at radius 2 is 1.21 bits per heavy atom. The molecule has 3 rings (SSSR count). The van der Waals surface area contributed by atoms with Gasteiger partial charge in [-0.1, -0.05) is 101 Å². The smallest absolute Gasteiger partial charge is 0.425 e. The zero-order valence-corrected chi connectivity index (χ0v) is 26.0. The number of nitrogens with one attached hydrogen (secondary N) is 1. The number of hydrogen-bond donors (Lipinski definition) is 2. The third-order valence-corrected chi connectivity index (χ3v) is 7.58. The molecular formula is C33H45NO8S. The molecule has 0 fully saturated rings. The molecule has 2 N–H and O–H groups in total. The molecule has 0 bridgehead atoms. The number of esters is 1. The number of carboxylic acid groups (broad SMARTS) is 1. The zero-order chi connectivity index (χ0) is 31.5. The van der Waals surface area contributed by atoms with Crippen molar-refractivity contribution in [1.29, 1.82) is 0 Å². The minimum absolute atomic E-state index is 0.0209. The summed E-state index contributed by atoms with van der Waals surface area (Å²) in [4.78, 5) is 34.5. The maximum absolute atomic E-state index is 12.6. The summed E-state index contributed by atoms with van der Waals surface area (Å²) in [5.41, 5.74) is 5.33. The van der Waals surface area contributed by atoms with Crippen molar-refractivity contribution < 1.29 is 36.9 Å². The highest BCUT2D eigenvalue weighted by molar-refractivity contribution is 7.59. The van der Waals surface area contributed by atoms with Crippen molar-refractivity contribution in [1.82, 2.24) is 0 Å². The minimum atomic E-state index is -3.11. The van der Waals surface area contributed by atoms with Crippen LogP contribution in [0.25, 0.3) is 11.1 Å². The monoisotopic (exact) mass is 615 g/mol. The average Bonchev–Trinajstić information content (AvgIpc) is 3.26. The van der Waals surface area contributed by atoms with Crippen LogP contribution < -0.4 is 5.32 Å². The SMILES string of the molecule is CC(=O)OCC1c2ccccc2-c2ccc(NC(=O)CCCCCCCCCCCCCCCC(=O)O)cc21.O=S(=O)=O. The molecule has 2 aromatic carbocycles. The molecule has 1 atom stereocenters. The first kappa shape index (κ1) is 35.7. The molecule has 0 saturated carbocycles. The van der Waals surface area contributed by atoms with Crippen LogP contribution in [-0.4, -0.2) is 42.2 Å². The Labute approximate surface area is 256 Å². The molecule has 10 heteroatoms. The lowest BCUT2D eigenvalue weighted by molar-refractivity contribution is -0.141. The van der Waals surface area contributed by atoms with E-state index in [1.54, 1.807) is 0 Å². The number of aliphatic carboxylic acids is 1. The van der Waals surface area contributed by atoms with Gasteiger partial charge in [0.1, 0.15) is 6.61 Å². The molecule has 0 saturated heterocycles. The summed E-state index contributed by atoms with van der Waals surface area (Å²) in [5.74, 6) is -0.950. The second kappa shape index (κ2) is 20.4. The summed E-state index contributed by atoms with van der Waals surface area (Å²) in [6.45, 7) is 1.73. The molecule has 0 radical (unpaired) electrons. The largest absolute Gasteiger partial charge is 0.481 e. The van der Waals surface area contributed by atoms with E-state index in [1.165, 1.54) is 58.3 Å². The summed E-state index contributed by atoms with van der Waals surface area (Å²) < 4.78 is 30.7. The molecule has 0 aliphatic heterocycles. The van der Waals surface area contributed by atoms with Crippen LogP contribution in [0.15, 0.2) is 42.5 Å². The minimum Gasteiger partial charge on any atom is -0.481 e. The van der Waals surface area contributed by atoms with E-state index in [4.69, 9.17) is 22.5 Å². The Kier molecular flexibility index (Phi) is 16.9. The third-order valence-electron chi connectivity index (χ3n) is 7.58. The fourth-order valence-corrected chi connectivity index (χ4v) is 5.50. The molecule has 43 heavy (non-hydrogen) atoms. The van der Waals surface area contributed by atoms with E-state index in [0.29, 0.717) is 19.4 Å². The Bertz CT molecular complexity index is 1290. The number of carbonyl (C=O) groups is 3. The highest BCUT2D eigenvalue weighted by atomic mass is 32.2. The van der Waals surface area contributed by atoms with Gasteiger partial charge < -0.3 is 15.2 Å². The molecule has 1 amide bonds. The second-order valence-electron chi connectivity index (χ2n) is 11.0. The maximum atomic E-state index is 12.6. The van der Waals surface area contributed by atoms with E-state index in [2.05, 4.69) is 23.5 Å². The van der Waals surface area contributed by atoms with Crippen molar-refractivity contribution in [2.24, 2.45) is 0 Å². The number of amides is 1. The van der Waals surface area contributed by atoms with Gasteiger partial charge in [-0.3, -0.25) is 14.4 Å². The van der Waals surface area contributed by atoms with Gasteiger partial charge in [-0.15, -0.1) is 12.6 Å². The van der Waals surface area contributed by atoms with E-state index < -0.39 is 16.6 Å². The highest BCUT2D eigenvalue weighted by Crippen LogP contribution is 2.45. The molecule has 0 spiro atoms.